The number of nitrogens with one attached hydrogen (secondary N) is 1. The van der Waals surface area contributed by atoms with Crippen LogP contribution in [0.15, 0.2) is 89.8 Å². The molecule has 1 saturated heterocycles. The van der Waals surface area contributed by atoms with E-state index >= 15 is 0 Å². The number of carbonyl (C=O) groups excluding carboxylic acids is 2. The van der Waals surface area contributed by atoms with Gasteiger partial charge in [-0.1, -0.05) is 60.7 Å². The highest BCUT2D eigenvalue weighted by Crippen LogP contribution is 2.37. The first-order valence-corrected chi connectivity index (χ1v) is 11.6. The summed E-state index contributed by atoms with van der Waals surface area (Å²) < 4.78 is 0. The maximum Gasteiger partial charge on any atom is 0.240 e. The number of para-hydroxylation sites is 2. The van der Waals surface area contributed by atoms with Crippen LogP contribution in [0.2, 0.25) is 0 Å². The van der Waals surface area contributed by atoms with Crippen LogP contribution in [0.3, 0.4) is 0 Å². The third-order valence-corrected chi connectivity index (χ3v) is 6.92. The summed E-state index contributed by atoms with van der Waals surface area (Å²) in [6, 6.07) is 26.5. The number of aromatic hydroxyl groups is 1. The summed E-state index contributed by atoms with van der Waals surface area (Å²) in [6.45, 7) is 1.08. The first-order valence-electron chi connectivity index (χ1n) is 10.8. The van der Waals surface area contributed by atoms with Crippen LogP contribution in [0.4, 0.5) is 5.69 Å². The number of carbonyl (C=O) groups is 2. The Balaban J connectivity index is 1.41. The minimum atomic E-state index is -0.328. The number of anilines is 1. The van der Waals surface area contributed by atoms with Gasteiger partial charge in [-0.2, -0.15) is 0 Å². The molecule has 3 aromatic carbocycles. The Morgan fingerprint density at radius 2 is 1.47 bits per heavy atom. The molecule has 0 aromatic heterocycles. The number of benzene rings is 3. The fourth-order valence-corrected chi connectivity index (χ4v) is 5.00. The van der Waals surface area contributed by atoms with Gasteiger partial charge in [-0.25, -0.2) is 0 Å². The Bertz CT molecular complexity index is 1050. The molecular weight excluding hydrogens is 420 g/mol. The van der Waals surface area contributed by atoms with Crippen LogP contribution in [-0.2, 0) is 9.59 Å². The van der Waals surface area contributed by atoms with Crippen LogP contribution in [0, 0.1) is 5.92 Å². The van der Waals surface area contributed by atoms with Gasteiger partial charge in [0, 0.05) is 23.9 Å². The van der Waals surface area contributed by atoms with Gasteiger partial charge < -0.3 is 15.3 Å². The van der Waals surface area contributed by atoms with E-state index in [1.165, 1.54) is 0 Å². The number of thioether (sulfide) groups is 1. The quantitative estimate of drug-likeness (QED) is 0.408. The molecule has 0 radical (unpaired) electrons. The van der Waals surface area contributed by atoms with Gasteiger partial charge in [0.1, 0.15) is 11.0 Å². The Morgan fingerprint density at radius 1 is 0.875 bits per heavy atom. The molecule has 1 unspecified atom stereocenters. The zero-order chi connectivity index (χ0) is 22.3. The van der Waals surface area contributed by atoms with E-state index in [1.807, 2.05) is 65.6 Å². The van der Waals surface area contributed by atoms with Gasteiger partial charge in [-0.05, 0) is 42.7 Å². The van der Waals surface area contributed by atoms with Crippen LogP contribution in [0.5, 0.6) is 5.75 Å². The maximum atomic E-state index is 13.5. The molecule has 164 valence electrons. The van der Waals surface area contributed by atoms with Crippen molar-refractivity contribution in [2.45, 2.75) is 23.0 Å². The predicted octanol–water partition coefficient (Wildman–Crippen LogP) is 5.10. The number of amides is 2. The highest BCUT2D eigenvalue weighted by Gasteiger charge is 2.32. The van der Waals surface area contributed by atoms with Gasteiger partial charge in [0.25, 0.3) is 0 Å². The molecule has 0 bridgehead atoms. The lowest BCUT2D eigenvalue weighted by Gasteiger charge is -2.33. The van der Waals surface area contributed by atoms with Crippen molar-refractivity contribution in [1.82, 2.24) is 4.90 Å². The molecule has 5 nitrogen and oxygen atoms in total. The molecule has 6 heteroatoms. The van der Waals surface area contributed by atoms with Crippen molar-refractivity contribution in [2.24, 2.45) is 5.92 Å². The van der Waals surface area contributed by atoms with Gasteiger partial charge >= 0.3 is 0 Å². The second-order valence-corrected chi connectivity index (χ2v) is 9.01. The Labute approximate surface area is 192 Å². The minimum absolute atomic E-state index is 0.0529. The normalized spacial score (nSPS) is 15.2. The van der Waals surface area contributed by atoms with Crippen LogP contribution < -0.4 is 5.32 Å². The second-order valence-electron chi connectivity index (χ2n) is 7.83. The van der Waals surface area contributed by atoms with Crippen molar-refractivity contribution < 1.29 is 14.7 Å². The van der Waals surface area contributed by atoms with E-state index in [2.05, 4.69) is 5.32 Å². The molecule has 0 spiro atoms. The van der Waals surface area contributed by atoms with E-state index < -0.39 is 0 Å². The van der Waals surface area contributed by atoms with Gasteiger partial charge in [0.15, 0.2) is 0 Å². The van der Waals surface area contributed by atoms with Crippen molar-refractivity contribution in [3.8, 4) is 5.75 Å². The molecule has 1 aliphatic rings. The number of hydrogen-bond donors (Lipinski definition) is 2. The Hall–Kier alpha value is -3.25. The molecule has 3 aromatic rings. The first-order chi connectivity index (χ1) is 15.6. The number of phenolic OH excluding ortho intramolecular Hbond substituents is 1. The summed E-state index contributed by atoms with van der Waals surface area (Å²) >= 11 is 1.56. The Morgan fingerprint density at radius 3 is 2.12 bits per heavy atom. The van der Waals surface area contributed by atoms with E-state index in [-0.39, 0.29) is 28.7 Å². The van der Waals surface area contributed by atoms with E-state index in [1.54, 1.807) is 36.0 Å². The lowest BCUT2D eigenvalue weighted by molar-refractivity contribution is -0.134. The smallest absolute Gasteiger partial charge is 0.240 e. The largest absolute Gasteiger partial charge is 0.506 e. The first kappa shape index (κ1) is 22.0. The molecule has 1 atom stereocenters. The third kappa shape index (κ3) is 5.32. The second kappa shape index (κ2) is 10.4. The summed E-state index contributed by atoms with van der Waals surface area (Å²) in [5.74, 6) is -0.172. The highest BCUT2D eigenvalue weighted by molar-refractivity contribution is 8.00. The summed E-state index contributed by atoms with van der Waals surface area (Å²) in [5.41, 5.74) is 1.39. The third-order valence-electron chi connectivity index (χ3n) is 5.66. The van der Waals surface area contributed by atoms with E-state index in [9.17, 15) is 14.7 Å². The Kier molecular flexibility index (Phi) is 7.12. The van der Waals surface area contributed by atoms with Gasteiger partial charge in [0.05, 0.1) is 5.69 Å². The highest BCUT2D eigenvalue weighted by atomic mass is 32.2. The molecule has 2 amide bonds. The van der Waals surface area contributed by atoms with E-state index in [4.69, 9.17) is 0 Å². The number of nitrogens with zero attached hydrogens (tertiary/aromatic N) is 1. The van der Waals surface area contributed by atoms with Crippen LogP contribution >= 0.6 is 11.8 Å². The number of likely N-dealkylation sites (tertiary alicyclic amines) is 1. The van der Waals surface area contributed by atoms with Crippen molar-refractivity contribution in [2.75, 3.05) is 18.4 Å². The fraction of sp³-hybridized carbons (Fsp3) is 0.231. The molecule has 2 N–H and O–H groups in total. The topological polar surface area (TPSA) is 69.6 Å². The van der Waals surface area contributed by atoms with Gasteiger partial charge in [-0.15, -0.1) is 11.8 Å². The van der Waals surface area contributed by atoms with Gasteiger partial charge in [0.2, 0.25) is 11.8 Å². The summed E-state index contributed by atoms with van der Waals surface area (Å²) in [7, 11) is 0. The number of rotatable bonds is 6. The molecule has 1 heterocycles. The SMILES string of the molecule is O=C(Nc1ccccc1O)C1CCN(C(=O)C(Sc2ccccc2)c2ccccc2)CC1. The van der Waals surface area contributed by atoms with Crippen molar-refractivity contribution in [3.05, 3.63) is 90.5 Å². The molecule has 0 saturated carbocycles. The maximum absolute atomic E-state index is 13.5. The summed E-state index contributed by atoms with van der Waals surface area (Å²) in [4.78, 5) is 29.1. The average molecular weight is 447 g/mol. The van der Waals surface area contributed by atoms with Crippen LogP contribution in [0.25, 0.3) is 0 Å². The molecule has 4 rings (SSSR count). The summed E-state index contributed by atoms with van der Waals surface area (Å²) in [5, 5.41) is 12.4. The predicted molar refractivity (Wildman–Crippen MR) is 128 cm³/mol. The number of piperidine rings is 1. The minimum Gasteiger partial charge on any atom is -0.506 e. The zero-order valence-electron chi connectivity index (χ0n) is 17.7. The molecule has 32 heavy (non-hydrogen) atoms. The van der Waals surface area contributed by atoms with Crippen molar-refractivity contribution >= 4 is 29.3 Å². The monoisotopic (exact) mass is 446 g/mol. The standard InChI is InChI=1S/C26H26N2O3S/c29-23-14-8-7-13-22(23)27-25(30)20-15-17-28(18-16-20)26(31)24(19-9-3-1-4-10-19)32-21-11-5-2-6-12-21/h1-14,20,24,29H,15-18H2,(H,27,30). The van der Waals surface area contributed by atoms with Crippen molar-refractivity contribution in [1.29, 1.82) is 0 Å². The van der Waals surface area contributed by atoms with Gasteiger partial charge in [-0.3, -0.25) is 9.59 Å². The number of hydrogen-bond acceptors (Lipinski definition) is 4. The molecule has 1 aliphatic heterocycles. The summed E-state index contributed by atoms with van der Waals surface area (Å²) in [6.07, 6.45) is 1.20. The zero-order valence-corrected chi connectivity index (χ0v) is 18.5. The molecular formula is C26H26N2O3S. The molecule has 0 aliphatic carbocycles. The van der Waals surface area contributed by atoms with E-state index in [0.29, 0.717) is 31.6 Å². The molecule has 1 fully saturated rings. The van der Waals surface area contributed by atoms with E-state index in [0.717, 1.165) is 10.5 Å². The lowest BCUT2D eigenvalue weighted by atomic mass is 9.95. The van der Waals surface area contributed by atoms with Crippen LogP contribution in [0.1, 0.15) is 23.7 Å². The van der Waals surface area contributed by atoms with Crippen LogP contribution in [-0.4, -0.2) is 34.9 Å². The fourth-order valence-electron chi connectivity index (χ4n) is 3.87. The number of phenols is 1. The lowest BCUT2D eigenvalue weighted by Crippen LogP contribution is -2.43. The van der Waals surface area contributed by atoms with Crippen molar-refractivity contribution in [3.63, 3.8) is 0 Å². The average Bonchev–Trinajstić information content (AvgIpc) is 2.85.